The summed E-state index contributed by atoms with van der Waals surface area (Å²) in [4.78, 5) is 33.5. The SMILES string of the molecule is N#Cc1c(NC(=O)c2cc(-c3cccc([N+](=O)[O-])c3)nc3ncnn23)sc2c1CCCC2. The van der Waals surface area contributed by atoms with Gasteiger partial charge in [-0.05, 0) is 37.3 Å². The number of non-ortho nitro benzene ring substituents is 1. The number of nitrogens with one attached hydrogen (secondary N) is 1. The highest BCUT2D eigenvalue weighted by atomic mass is 32.1. The zero-order valence-electron chi connectivity index (χ0n) is 16.6. The van der Waals surface area contributed by atoms with Gasteiger partial charge in [-0.2, -0.15) is 19.9 Å². The summed E-state index contributed by atoms with van der Waals surface area (Å²) in [6, 6.07) is 9.74. The van der Waals surface area contributed by atoms with Crippen LogP contribution >= 0.6 is 11.3 Å². The number of nitrogens with zero attached hydrogens (tertiary/aromatic N) is 6. The van der Waals surface area contributed by atoms with Gasteiger partial charge in [-0.1, -0.05) is 12.1 Å². The van der Waals surface area contributed by atoms with Gasteiger partial charge in [-0.15, -0.1) is 11.3 Å². The number of nitro benzene ring substituents is 1. The lowest BCUT2D eigenvalue weighted by Gasteiger charge is -2.09. The molecule has 0 spiro atoms. The van der Waals surface area contributed by atoms with Crippen LogP contribution in [0.4, 0.5) is 10.7 Å². The molecule has 0 unspecified atom stereocenters. The molecule has 0 saturated carbocycles. The third kappa shape index (κ3) is 3.36. The lowest BCUT2D eigenvalue weighted by molar-refractivity contribution is -0.384. The number of hydrogen-bond acceptors (Lipinski definition) is 8. The summed E-state index contributed by atoms with van der Waals surface area (Å²) in [5.74, 6) is -0.283. The average Bonchev–Trinajstić information content (AvgIpc) is 3.42. The molecular formula is C21H15N7O3S. The zero-order valence-corrected chi connectivity index (χ0v) is 17.4. The monoisotopic (exact) mass is 445 g/mol. The van der Waals surface area contributed by atoms with E-state index in [1.807, 2.05) is 0 Å². The zero-order chi connectivity index (χ0) is 22.2. The maximum absolute atomic E-state index is 13.2. The Labute approximate surface area is 185 Å². The van der Waals surface area contributed by atoms with Gasteiger partial charge in [0.2, 0.25) is 0 Å². The maximum atomic E-state index is 13.2. The van der Waals surface area contributed by atoms with E-state index in [4.69, 9.17) is 0 Å². The highest BCUT2D eigenvalue weighted by Crippen LogP contribution is 2.38. The van der Waals surface area contributed by atoms with E-state index in [0.29, 0.717) is 21.8 Å². The number of nitriles is 1. The van der Waals surface area contributed by atoms with Crippen molar-refractivity contribution in [1.29, 1.82) is 5.26 Å². The Morgan fingerprint density at radius 1 is 1.28 bits per heavy atom. The Bertz CT molecular complexity index is 1430. The van der Waals surface area contributed by atoms with Crippen LogP contribution in [0.5, 0.6) is 0 Å². The van der Waals surface area contributed by atoms with Crippen LogP contribution in [0.3, 0.4) is 0 Å². The second-order valence-corrected chi connectivity index (χ2v) is 8.39. The molecule has 0 radical (unpaired) electrons. The minimum absolute atomic E-state index is 0.0838. The van der Waals surface area contributed by atoms with Gasteiger partial charge < -0.3 is 5.32 Å². The molecule has 1 amide bonds. The number of rotatable bonds is 4. The number of benzene rings is 1. The van der Waals surface area contributed by atoms with Crippen molar-refractivity contribution < 1.29 is 9.72 Å². The number of carbonyl (C=O) groups is 1. The van der Waals surface area contributed by atoms with Gasteiger partial charge in [-0.3, -0.25) is 14.9 Å². The van der Waals surface area contributed by atoms with Crippen molar-refractivity contribution in [2.75, 3.05) is 5.32 Å². The first kappa shape index (κ1) is 19.8. The molecule has 158 valence electrons. The third-order valence-corrected chi connectivity index (χ3v) is 6.55. The molecule has 32 heavy (non-hydrogen) atoms. The van der Waals surface area contributed by atoms with Gasteiger partial charge in [0.05, 0.1) is 16.2 Å². The molecule has 3 heterocycles. The first-order valence-electron chi connectivity index (χ1n) is 9.86. The Morgan fingerprint density at radius 3 is 2.94 bits per heavy atom. The number of nitro groups is 1. The maximum Gasteiger partial charge on any atom is 0.275 e. The summed E-state index contributed by atoms with van der Waals surface area (Å²) in [5, 5.41) is 28.3. The smallest absolute Gasteiger partial charge is 0.275 e. The van der Waals surface area contributed by atoms with Crippen molar-refractivity contribution >= 4 is 33.7 Å². The van der Waals surface area contributed by atoms with Crippen molar-refractivity contribution in [3.8, 4) is 17.3 Å². The van der Waals surface area contributed by atoms with Gasteiger partial charge >= 0.3 is 0 Å². The molecule has 0 saturated heterocycles. The van der Waals surface area contributed by atoms with E-state index < -0.39 is 10.8 Å². The summed E-state index contributed by atoms with van der Waals surface area (Å²) in [5.41, 5.74) is 2.44. The van der Waals surface area contributed by atoms with Crippen molar-refractivity contribution in [2.24, 2.45) is 0 Å². The highest BCUT2D eigenvalue weighted by molar-refractivity contribution is 7.16. The fourth-order valence-electron chi connectivity index (χ4n) is 3.84. The van der Waals surface area contributed by atoms with Crippen molar-refractivity contribution in [3.63, 3.8) is 0 Å². The van der Waals surface area contributed by atoms with Crippen LogP contribution in [0.2, 0.25) is 0 Å². The first-order valence-corrected chi connectivity index (χ1v) is 10.7. The largest absolute Gasteiger partial charge is 0.311 e. The quantitative estimate of drug-likeness (QED) is 0.372. The first-order chi connectivity index (χ1) is 15.5. The fraction of sp³-hybridized carbons (Fsp3) is 0.190. The number of amides is 1. The van der Waals surface area contributed by atoms with E-state index in [9.17, 15) is 20.2 Å². The number of aryl methyl sites for hydroxylation is 1. The highest BCUT2D eigenvalue weighted by Gasteiger charge is 2.24. The number of carbonyl (C=O) groups excluding carboxylic acids is 1. The third-order valence-electron chi connectivity index (χ3n) is 5.35. The summed E-state index contributed by atoms with van der Waals surface area (Å²) in [6.45, 7) is 0. The van der Waals surface area contributed by atoms with Gasteiger partial charge in [0.1, 0.15) is 23.1 Å². The predicted molar refractivity (Wildman–Crippen MR) is 117 cm³/mol. The van der Waals surface area contributed by atoms with Crippen molar-refractivity contribution in [2.45, 2.75) is 25.7 Å². The second-order valence-electron chi connectivity index (χ2n) is 7.29. The van der Waals surface area contributed by atoms with E-state index in [1.165, 1.54) is 40.4 Å². The summed E-state index contributed by atoms with van der Waals surface area (Å²) in [6.07, 6.45) is 5.12. The molecule has 11 heteroatoms. The van der Waals surface area contributed by atoms with Crippen LogP contribution in [0.25, 0.3) is 17.0 Å². The van der Waals surface area contributed by atoms with Crippen LogP contribution in [0.1, 0.15) is 39.3 Å². The minimum atomic E-state index is -0.491. The molecule has 0 fully saturated rings. The minimum Gasteiger partial charge on any atom is -0.311 e. The second kappa shape index (κ2) is 7.82. The van der Waals surface area contributed by atoms with E-state index in [-0.39, 0.29) is 17.2 Å². The molecule has 10 nitrogen and oxygen atoms in total. The molecule has 1 aromatic carbocycles. The fourth-order valence-corrected chi connectivity index (χ4v) is 5.07. The lowest BCUT2D eigenvalue weighted by Crippen LogP contribution is -2.17. The molecule has 3 aromatic heterocycles. The van der Waals surface area contributed by atoms with Crippen LogP contribution in [-0.4, -0.2) is 30.4 Å². The molecule has 1 aliphatic rings. The van der Waals surface area contributed by atoms with E-state index in [1.54, 1.807) is 12.1 Å². The average molecular weight is 445 g/mol. The van der Waals surface area contributed by atoms with Gasteiger partial charge in [0, 0.05) is 22.6 Å². The normalized spacial score (nSPS) is 12.8. The summed E-state index contributed by atoms with van der Waals surface area (Å²) >= 11 is 1.43. The van der Waals surface area contributed by atoms with Crippen LogP contribution in [0.15, 0.2) is 36.7 Å². The Balaban J connectivity index is 1.56. The molecule has 0 bridgehead atoms. The topological polar surface area (TPSA) is 139 Å². The van der Waals surface area contributed by atoms with E-state index in [2.05, 4.69) is 26.5 Å². The van der Waals surface area contributed by atoms with Gasteiger partial charge in [-0.25, -0.2) is 4.98 Å². The summed E-state index contributed by atoms with van der Waals surface area (Å²) in [7, 11) is 0. The van der Waals surface area contributed by atoms with Crippen LogP contribution in [-0.2, 0) is 12.8 Å². The van der Waals surface area contributed by atoms with Crippen LogP contribution < -0.4 is 5.32 Å². The number of anilines is 1. The Hall–Kier alpha value is -4.17. The van der Waals surface area contributed by atoms with Gasteiger partial charge in [0.15, 0.2) is 0 Å². The van der Waals surface area contributed by atoms with E-state index in [0.717, 1.165) is 36.1 Å². The molecule has 0 aliphatic heterocycles. The molecular weight excluding hydrogens is 430 g/mol. The van der Waals surface area contributed by atoms with Crippen molar-refractivity contribution in [3.05, 3.63) is 68.5 Å². The summed E-state index contributed by atoms with van der Waals surface area (Å²) < 4.78 is 1.30. The molecule has 0 atom stereocenters. The number of hydrogen-bond donors (Lipinski definition) is 1. The van der Waals surface area contributed by atoms with Gasteiger partial charge in [0.25, 0.3) is 17.4 Å². The van der Waals surface area contributed by atoms with E-state index >= 15 is 0 Å². The number of aromatic nitrogens is 4. The Morgan fingerprint density at radius 2 is 2.12 bits per heavy atom. The lowest BCUT2D eigenvalue weighted by atomic mass is 9.96. The van der Waals surface area contributed by atoms with Crippen LogP contribution in [0, 0.1) is 21.4 Å². The molecule has 1 aliphatic carbocycles. The number of fused-ring (bicyclic) bond motifs is 2. The molecule has 5 rings (SSSR count). The van der Waals surface area contributed by atoms with Crippen molar-refractivity contribution in [1.82, 2.24) is 19.6 Å². The number of thiophene rings is 1. The standard InChI is InChI=1S/C21H15N7O3S/c22-10-15-14-6-1-2-7-18(14)32-20(15)26-19(29)17-9-16(25-21-23-11-24-27(17)21)12-4-3-5-13(8-12)28(30)31/h3-5,8-9,11H,1-2,6-7H2,(H,26,29). The Kier molecular flexibility index (Phi) is 4.84. The molecule has 4 aromatic rings. The molecule has 1 N–H and O–H groups in total. The predicted octanol–water partition coefficient (Wildman–Crippen LogP) is 3.76.